The second-order valence-corrected chi connectivity index (χ2v) is 13.5. The largest absolute Gasteiger partial charge is 0.502 e. The number of aromatic hydroxyl groups is 1. The summed E-state index contributed by atoms with van der Waals surface area (Å²) < 4.78 is 10.9. The highest BCUT2D eigenvalue weighted by Gasteiger charge is 2.62. The second-order valence-electron chi connectivity index (χ2n) is 12.7. The van der Waals surface area contributed by atoms with E-state index in [0.717, 1.165) is 16.7 Å². The molecule has 11 heteroatoms. The molecule has 0 aromatic heterocycles. The van der Waals surface area contributed by atoms with E-state index < -0.39 is 35.5 Å². The number of amides is 4. The van der Waals surface area contributed by atoms with Crippen molar-refractivity contribution in [3.05, 3.63) is 86.9 Å². The van der Waals surface area contributed by atoms with Crippen LogP contribution in [0.4, 0.5) is 11.4 Å². The Balaban J connectivity index is 1.37. The van der Waals surface area contributed by atoms with Crippen molar-refractivity contribution in [1.29, 1.82) is 0 Å². The number of halogens is 2. The fourth-order valence-electron chi connectivity index (χ4n) is 8.01. The number of benzene rings is 3. The number of allylic oxidation sites excluding steroid dienone is 2. The van der Waals surface area contributed by atoms with Gasteiger partial charge in [0.05, 0.1) is 49.3 Å². The molecule has 0 unspecified atom stereocenters. The van der Waals surface area contributed by atoms with Gasteiger partial charge in [0.15, 0.2) is 11.5 Å². The van der Waals surface area contributed by atoms with Gasteiger partial charge in [-0.3, -0.25) is 19.2 Å². The number of carbonyl (C=O) groups excluding carboxylic acids is 4. The Morgan fingerprint density at radius 3 is 1.72 bits per heavy atom. The molecule has 0 bridgehead atoms. The average molecular weight is 676 g/mol. The molecular weight excluding hydrogens is 643 g/mol. The van der Waals surface area contributed by atoms with Crippen LogP contribution in [0.2, 0.25) is 10.0 Å². The number of methoxy groups -OCH3 is 2. The Morgan fingerprint density at radius 2 is 1.21 bits per heavy atom. The first-order valence-electron chi connectivity index (χ1n) is 15.4. The van der Waals surface area contributed by atoms with E-state index in [1.54, 1.807) is 48.5 Å². The molecule has 2 saturated heterocycles. The van der Waals surface area contributed by atoms with Crippen molar-refractivity contribution in [2.45, 2.75) is 32.6 Å². The number of nitrogens with zero attached hydrogens (tertiary/aromatic N) is 2. The fourth-order valence-corrected chi connectivity index (χ4v) is 8.36. The predicted molar refractivity (Wildman–Crippen MR) is 176 cm³/mol. The molecule has 9 nitrogen and oxygen atoms in total. The maximum Gasteiger partial charge on any atom is 0.238 e. The SMILES string of the molecule is COc1cc([C@H]2C3=CC[C@@H]4C(=O)N(c5ccc(C)c(Cl)c5)C(=O)[C@@H]4[C@@H]3C[C@H]3C(=O)N(c4ccc(C)c(Cl)c4)C(=O)[C@@H]23)cc(OC)c1O. The van der Waals surface area contributed by atoms with E-state index in [-0.39, 0.29) is 53.7 Å². The molecule has 6 atom stereocenters. The third-order valence-electron chi connectivity index (χ3n) is 10.3. The number of phenols is 1. The summed E-state index contributed by atoms with van der Waals surface area (Å²) in [5.74, 6) is -5.51. The molecule has 47 heavy (non-hydrogen) atoms. The van der Waals surface area contributed by atoms with Gasteiger partial charge < -0.3 is 14.6 Å². The fraction of sp³-hybridized carbons (Fsp3) is 0.333. The van der Waals surface area contributed by atoms with Gasteiger partial charge in [-0.1, -0.05) is 47.0 Å². The average Bonchev–Trinajstić information content (AvgIpc) is 3.46. The molecule has 2 aliphatic heterocycles. The van der Waals surface area contributed by atoms with Gasteiger partial charge in [-0.15, -0.1) is 0 Å². The van der Waals surface area contributed by atoms with E-state index in [0.29, 0.717) is 27.0 Å². The van der Waals surface area contributed by atoms with Crippen LogP contribution in [0.3, 0.4) is 0 Å². The Morgan fingerprint density at radius 1 is 0.702 bits per heavy atom. The van der Waals surface area contributed by atoms with Gasteiger partial charge in [0.25, 0.3) is 0 Å². The van der Waals surface area contributed by atoms with Crippen molar-refractivity contribution in [3.8, 4) is 17.2 Å². The number of anilines is 2. The van der Waals surface area contributed by atoms with Crippen LogP contribution >= 0.6 is 23.2 Å². The summed E-state index contributed by atoms with van der Waals surface area (Å²) in [6.45, 7) is 3.68. The van der Waals surface area contributed by atoms with Crippen molar-refractivity contribution in [1.82, 2.24) is 0 Å². The van der Waals surface area contributed by atoms with Crippen LogP contribution in [0.25, 0.3) is 0 Å². The summed E-state index contributed by atoms with van der Waals surface area (Å²) in [5.41, 5.74) is 3.79. The Bertz CT molecular complexity index is 1900. The third-order valence-corrected chi connectivity index (χ3v) is 11.2. The minimum atomic E-state index is -0.820. The lowest BCUT2D eigenvalue weighted by atomic mass is 9.57. The number of aryl methyl sites for hydroxylation is 2. The maximum atomic E-state index is 14.4. The zero-order chi connectivity index (χ0) is 33.5. The molecule has 3 aromatic rings. The maximum absolute atomic E-state index is 14.4. The van der Waals surface area contributed by atoms with E-state index in [2.05, 4.69) is 0 Å². The van der Waals surface area contributed by atoms with Crippen molar-refractivity contribution in [3.63, 3.8) is 0 Å². The molecular formula is C36H32Cl2N2O7. The van der Waals surface area contributed by atoms with Crippen LogP contribution in [0.5, 0.6) is 17.2 Å². The first-order chi connectivity index (χ1) is 22.5. The number of fused-ring (bicyclic) bond motifs is 4. The van der Waals surface area contributed by atoms with Crippen molar-refractivity contribution < 1.29 is 33.8 Å². The van der Waals surface area contributed by atoms with Gasteiger partial charge >= 0.3 is 0 Å². The van der Waals surface area contributed by atoms with E-state index in [1.165, 1.54) is 24.0 Å². The van der Waals surface area contributed by atoms with Crippen LogP contribution in [-0.4, -0.2) is 43.0 Å². The summed E-state index contributed by atoms with van der Waals surface area (Å²) in [6.07, 6.45) is 2.46. The molecule has 1 saturated carbocycles. The van der Waals surface area contributed by atoms with Gasteiger partial charge in [-0.05, 0) is 85.7 Å². The van der Waals surface area contributed by atoms with E-state index in [4.69, 9.17) is 32.7 Å². The highest BCUT2D eigenvalue weighted by Crippen LogP contribution is 2.59. The van der Waals surface area contributed by atoms with Gasteiger partial charge in [-0.25, -0.2) is 9.80 Å². The molecule has 2 aliphatic carbocycles. The molecule has 1 N–H and O–H groups in total. The summed E-state index contributed by atoms with van der Waals surface area (Å²) in [7, 11) is 2.83. The molecule has 4 aliphatic rings. The number of hydrogen-bond donors (Lipinski definition) is 1. The monoisotopic (exact) mass is 674 g/mol. The van der Waals surface area contributed by atoms with E-state index >= 15 is 0 Å². The lowest BCUT2D eigenvalue weighted by Gasteiger charge is -2.44. The molecule has 0 spiro atoms. The van der Waals surface area contributed by atoms with E-state index in [1.807, 2.05) is 19.9 Å². The summed E-state index contributed by atoms with van der Waals surface area (Å²) in [5, 5.41) is 11.6. The smallest absolute Gasteiger partial charge is 0.238 e. The normalized spacial score (nSPS) is 26.6. The van der Waals surface area contributed by atoms with Crippen LogP contribution in [-0.2, 0) is 19.2 Å². The van der Waals surface area contributed by atoms with Crippen molar-refractivity contribution >= 4 is 58.2 Å². The molecule has 2 heterocycles. The van der Waals surface area contributed by atoms with Crippen LogP contribution in [0.1, 0.15) is 35.4 Å². The topological polar surface area (TPSA) is 113 Å². The quantitative estimate of drug-likeness (QED) is 0.247. The van der Waals surface area contributed by atoms with Gasteiger partial charge in [0.1, 0.15) is 0 Å². The zero-order valence-corrected chi connectivity index (χ0v) is 27.6. The van der Waals surface area contributed by atoms with E-state index in [9.17, 15) is 24.3 Å². The van der Waals surface area contributed by atoms with Crippen molar-refractivity contribution in [2.24, 2.45) is 29.6 Å². The van der Waals surface area contributed by atoms with Crippen LogP contribution in [0.15, 0.2) is 60.2 Å². The second kappa shape index (κ2) is 11.4. The highest BCUT2D eigenvalue weighted by molar-refractivity contribution is 6.33. The Hall–Kier alpha value is -4.34. The Labute approximate surface area is 281 Å². The summed E-state index contributed by atoms with van der Waals surface area (Å²) in [6, 6.07) is 13.4. The third kappa shape index (κ3) is 4.65. The summed E-state index contributed by atoms with van der Waals surface area (Å²) >= 11 is 12.8. The number of imide groups is 2. The number of carbonyl (C=O) groups is 4. The minimum absolute atomic E-state index is 0.140. The molecule has 7 rings (SSSR count). The zero-order valence-electron chi connectivity index (χ0n) is 26.1. The first-order valence-corrected chi connectivity index (χ1v) is 16.1. The Kier molecular flexibility index (Phi) is 7.60. The van der Waals surface area contributed by atoms with Gasteiger partial charge in [-0.2, -0.15) is 0 Å². The first kappa shape index (κ1) is 31.3. The van der Waals surface area contributed by atoms with Crippen molar-refractivity contribution in [2.75, 3.05) is 24.0 Å². The lowest BCUT2D eigenvalue weighted by molar-refractivity contribution is -0.126. The molecule has 0 radical (unpaired) electrons. The number of ether oxygens (including phenoxy) is 2. The molecule has 242 valence electrons. The molecule has 3 fully saturated rings. The van der Waals surface area contributed by atoms with Gasteiger partial charge in [0, 0.05) is 16.0 Å². The standard InChI is InChI=1S/C36H32Cl2N2O7/c1-16-5-7-19(13-25(16)37)39-33(42)22-10-9-21-23(30(22)35(39)44)15-24-31(29(21)18-11-27(46-3)32(41)28(12-18)47-4)36(45)40(34(24)43)20-8-6-17(2)26(38)14-20/h5-9,11-14,22-24,29-31,41H,10,15H2,1-4H3/t22-,23+,24+,29-,30-,31+/m0/s1. The molecule has 3 aromatic carbocycles. The van der Waals surface area contributed by atoms with Crippen LogP contribution in [0, 0.1) is 43.4 Å². The number of rotatable bonds is 5. The van der Waals surface area contributed by atoms with Crippen LogP contribution < -0.4 is 19.3 Å². The number of hydrogen-bond acceptors (Lipinski definition) is 7. The minimum Gasteiger partial charge on any atom is -0.502 e. The lowest BCUT2D eigenvalue weighted by Crippen LogP contribution is -2.43. The highest BCUT2D eigenvalue weighted by atomic mass is 35.5. The van der Waals surface area contributed by atoms with Gasteiger partial charge in [0.2, 0.25) is 29.4 Å². The number of phenolic OH excluding ortho intramolecular Hbond substituents is 1. The summed E-state index contributed by atoms with van der Waals surface area (Å²) in [4.78, 5) is 59.2. The molecule has 4 amide bonds. The predicted octanol–water partition coefficient (Wildman–Crippen LogP) is 6.38.